The molecule has 1 aromatic rings. The highest BCUT2D eigenvalue weighted by molar-refractivity contribution is 5.97. The molecule has 130 valence electrons. The molecule has 2 heterocycles. The Kier molecular flexibility index (Phi) is 5.04. The molecule has 0 radical (unpaired) electrons. The first-order valence-electron chi connectivity index (χ1n) is 8.49. The zero-order chi connectivity index (χ0) is 17.1. The summed E-state index contributed by atoms with van der Waals surface area (Å²) in [6, 6.07) is 7.57. The van der Waals surface area contributed by atoms with Crippen LogP contribution in [-0.2, 0) is 14.3 Å². The number of ether oxygens (including phenoxy) is 2. The molecular formula is C18H24N2O4. The highest BCUT2D eigenvalue weighted by Gasteiger charge is 2.29. The normalized spacial score (nSPS) is 23.4. The molecule has 0 saturated carbocycles. The van der Waals surface area contributed by atoms with Crippen LogP contribution in [0, 0.1) is 0 Å². The van der Waals surface area contributed by atoms with Crippen LogP contribution >= 0.6 is 0 Å². The molecular weight excluding hydrogens is 308 g/mol. The van der Waals surface area contributed by atoms with E-state index in [-0.39, 0.29) is 36.8 Å². The zero-order valence-electron chi connectivity index (χ0n) is 14.2. The number of carbonyl (C=O) groups is 2. The van der Waals surface area contributed by atoms with Gasteiger partial charge in [0.25, 0.3) is 0 Å². The number of hydrogen-bond acceptors (Lipinski definition) is 4. The first-order valence-corrected chi connectivity index (χ1v) is 8.49. The van der Waals surface area contributed by atoms with E-state index in [2.05, 4.69) is 0 Å². The van der Waals surface area contributed by atoms with Gasteiger partial charge in [-0.15, -0.1) is 0 Å². The maximum atomic E-state index is 12.6. The molecule has 0 aliphatic carbocycles. The molecule has 6 nitrogen and oxygen atoms in total. The summed E-state index contributed by atoms with van der Waals surface area (Å²) in [5.74, 6) is 0.708. The van der Waals surface area contributed by atoms with Gasteiger partial charge in [-0.3, -0.25) is 9.59 Å². The molecule has 0 aromatic heterocycles. The molecule has 2 aliphatic rings. The first kappa shape index (κ1) is 16.8. The van der Waals surface area contributed by atoms with Crippen molar-refractivity contribution in [3.8, 4) is 5.75 Å². The van der Waals surface area contributed by atoms with Crippen molar-refractivity contribution in [1.82, 2.24) is 4.90 Å². The van der Waals surface area contributed by atoms with Crippen LogP contribution in [0.5, 0.6) is 5.75 Å². The number of morpholine rings is 1. The molecule has 1 fully saturated rings. The SMILES string of the molecule is C[C@@H]1CN(C(=O)CCC(=O)N2CCOc3ccccc32)[C@H](C)CO1. The standard InChI is InChI=1S/C18H24N2O4/c1-13-12-24-14(2)11-20(13)18(22)8-7-17(21)19-9-10-23-16-6-4-3-5-15(16)19/h3-6,13-14H,7-12H2,1-2H3/t13-,14-/m1/s1. The van der Waals surface area contributed by atoms with E-state index in [1.165, 1.54) is 0 Å². The largest absolute Gasteiger partial charge is 0.490 e. The molecule has 2 aliphatic heterocycles. The molecule has 1 saturated heterocycles. The van der Waals surface area contributed by atoms with Gasteiger partial charge in [-0.2, -0.15) is 0 Å². The van der Waals surface area contributed by atoms with E-state index in [1.54, 1.807) is 4.90 Å². The van der Waals surface area contributed by atoms with Crippen LogP contribution in [0.25, 0.3) is 0 Å². The van der Waals surface area contributed by atoms with Gasteiger partial charge >= 0.3 is 0 Å². The Morgan fingerprint density at radius 2 is 1.92 bits per heavy atom. The van der Waals surface area contributed by atoms with Crippen molar-refractivity contribution in [3.63, 3.8) is 0 Å². The molecule has 2 amide bonds. The average Bonchev–Trinajstić information content (AvgIpc) is 2.61. The Morgan fingerprint density at radius 1 is 1.17 bits per heavy atom. The summed E-state index contributed by atoms with van der Waals surface area (Å²) >= 11 is 0. The molecule has 24 heavy (non-hydrogen) atoms. The molecule has 3 rings (SSSR count). The van der Waals surface area contributed by atoms with E-state index in [1.807, 2.05) is 43.0 Å². The van der Waals surface area contributed by atoms with E-state index >= 15 is 0 Å². The van der Waals surface area contributed by atoms with Gasteiger partial charge in [0.15, 0.2) is 0 Å². The fourth-order valence-electron chi connectivity index (χ4n) is 3.17. The van der Waals surface area contributed by atoms with Gasteiger partial charge < -0.3 is 19.3 Å². The van der Waals surface area contributed by atoms with Gasteiger partial charge in [0.1, 0.15) is 12.4 Å². The summed E-state index contributed by atoms with van der Waals surface area (Å²) in [5, 5.41) is 0. The van der Waals surface area contributed by atoms with Gasteiger partial charge in [0.05, 0.1) is 31.0 Å². The lowest BCUT2D eigenvalue weighted by Gasteiger charge is -2.37. The Bertz CT molecular complexity index is 619. The highest BCUT2D eigenvalue weighted by Crippen LogP contribution is 2.31. The minimum absolute atomic E-state index is 0.0209. The summed E-state index contributed by atoms with van der Waals surface area (Å²) < 4.78 is 11.1. The molecule has 0 bridgehead atoms. The molecule has 1 aromatic carbocycles. The lowest BCUT2D eigenvalue weighted by atomic mass is 10.1. The van der Waals surface area contributed by atoms with E-state index < -0.39 is 0 Å². The lowest BCUT2D eigenvalue weighted by molar-refractivity contribution is -0.144. The number of benzene rings is 1. The number of para-hydroxylation sites is 2. The topological polar surface area (TPSA) is 59.1 Å². The monoisotopic (exact) mass is 332 g/mol. The van der Waals surface area contributed by atoms with E-state index in [4.69, 9.17) is 9.47 Å². The van der Waals surface area contributed by atoms with Crippen LogP contribution in [0.15, 0.2) is 24.3 Å². The van der Waals surface area contributed by atoms with E-state index in [0.29, 0.717) is 26.3 Å². The minimum Gasteiger partial charge on any atom is -0.490 e. The predicted molar refractivity (Wildman–Crippen MR) is 90.1 cm³/mol. The van der Waals surface area contributed by atoms with Gasteiger partial charge in [-0.25, -0.2) is 0 Å². The van der Waals surface area contributed by atoms with Crippen molar-refractivity contribution >= 4 is 17.5 Å². The molecule has 0 spiro atoms. The number of nitrogens with zero attached hydrogens (tertiary/aromatic N) is 2. The second-order valence-corrected chi connectivity index (χ2v) is 6.40. The minimum atomic E-state index is -0.0342. The van der Waals surface area contributed by atoms with Gasteiger partial charge in [0, 0.05) is 19.4 Å². The third-order valence-electron chi connectivity index (χ3n) is 4.51. The smallest absolute Gasteiger partial charge is 0.227 e. The summed E-state index contributed by atoms with van der Waals surface area (Å²) in [4.78, 5) is 28.6. The van der Waals surface area contributed by atoms with Crippen molar-refractivity contribution in [2.45, 2.75) is 38.8 Å². The fourth-order valence-corrected chi connectivity index (χ4v) is 3.17. The number of fused-ring (bicyclic) bond motifs is 1. The maximum Gasteiger partial charge on any atom is 0.227 e. The van der Waals surface area contributed by atoms with Crippen LogP contribution in [0.4, 0.5) is 5.69 Å². The highest BCUT2D eigenvalue weighted by atomic mass is 16.5. The molecule has 2 atom stereocenters. The second-order valence-electron chi connectivity index (χ2n) is 6.40. The lowest BCUT2D eigenvalue weighted by Crippen LogP contribution is -2.50. The Labute approximate surface area is 142 Å². The third-order valence-corrected chi connectivity index (χ3v) is 4.51. The quantitative estimate of drug-likeness (QED) is 0.847. The third kappa shape index (κ3) is 3.53. The van der Waals surface area contributed by atoms with Gasteiger partial charge in [-0.1, -0.05) is 12.1 Å². The molecule has 0 N–H and O–H groups in total. The summed E-state index contributed by atoms with van der Waals surface area (Å²) in [6.07, 6.45) is 0.494. The average molecular weight is 332 g/mol. The Morgan fingerprint density at radius 3 is 2.75 bits per heavy atom. The van der Waals surface area contributed by atoms with Crippen molar-refractivity contribution in [2.24, 2.45) is 0 Å². The van der Waals surface area contributed by atoms with Crippen LogP contribution in [0.3, 0.4) is 0 Å². The summed E-state index contributed by atoms with van der Waals surface area (Å²) in [5.41, 5.74) is 0.787. The Balaban J connectivity index is 1.59. The summed E-state index contributed by atoms with van der Waals surface area (Å²) in [7, 11) is 0. The van der Waals surface area contributed by atoms with Crippen molar-refractivity contribution in [2.75, 3.05) is 31.2 Å². The number of carbonyl (C=O) groups excluding carboxylic acids is 2. The van der Waals surface area contributed by atoms with Crippen LogP contribution in [0.1, 0.15) is 26.7 Å². The number of hydrogen-bond donors (Lipinski definition) is 0. The zero-order valence-corrected chi connectivity index (χ0v) is 14.2. The van der Waals surface area contributed by atoms with Gasteiger partial charge in [0.2, 0.25) is 11.8 Å². The van der Waals surface area contributed by atoms with Crippen LogP contribution in [0.2, 0.25) is 0 Å². The van der Waals surface area contributed by atoms with Crippen molar-refractivity contribution in [3.05, 3.63) is 24.3 Å². The molecule has 6 heteroatoms. The van der Waals surface area contributed by atoms with Crippen molar-refractivity contribution < 1.29 is 19.1 Å². The maximum absolute atomic E-state index is 12.6. The van der Waals surface area contributed by atoms with Crippen molar-refractivity contribution in [1.29, 1.82) is 0 Å². The Hall–Kier alpha value is -2.08. The number of rotatable bonds is 3. The van der Waals surface area contributed by atoms with E-state index in [0.717, 1.165) is 11.4 Å². The van der Waals surface area contributed by atoms with Gasteiger partial charge in [-0.05, 0) is 26.0 Å². The second kappa shape index (κ2) is 7.21. The first-order chi connectivity index (χ1) is 11.6. The van der Waals surface area contributed by atoms with E-state index in [9.17, 15) is 9.59 Å². The van der Waals surface area contributed by atoms with Crippen LogP contribution < -0.4 is 9.64 Å². The fraction of sp³-hybridized carbons (Fsp3) is 0.556. The molecule has 0 unspecified atom stereocenters. The predicted octanol–water partition coefficient (Wildman–Crippen LogP) is 1.83. The number of anilines is 1. The van der Waals surface area contributed by atoms with Crippen LogP contribution in [-0.4, -0.2) is 55.2 Å². The summed E-state index contributed by atoms with van der Waals surface area (Å²) in [6.45, 7) is 6.09. The number of amides is 2.